The molecular weight excluding hydrogens is 218 g/mol. The molecule has 0 bridgehead atoms. The van der Waals surface area contributed by atoms with Crippen LogP contribution in [-0.4, -0.2) is 13.1 Å². The van der Waals surface area contributed by atoms with Crippen LogP contribution in [0.5, 0.6) is 0 Å². The van der Waals surface area contributed by atoms with Crippen molar-refractivity contribution in [3.63, 3.8) is 0 Å². The van der Waals surface area contributed by atoms with Gasteiger partial charge in [-0.05, 0) is 55.3 Å². The first-order chi connectivity index (χ1) is 8.85. The zero-order valence-electron chi connectivity index (χ0n) is 11.9. The van der Waals surface area contributed by atoms with Crippen molar-refractivity contribution < 1.29 is 0 Å². The largest absolute Gasteiger partial charge is 0.317 e. The quantitative estimate of drug-likeness (QED) is 0.794. The highest BCUT2D eigenvalue weighted by Gasteiger charge is 2.27. The van der Waals surface area contributed by atoms with E-state index in [1.54, 1.807) is 5.56 Å². The van der Waals surface area contributed by atoms with Crippen molar-refractivity contribution in [2.24, 2.45) is 5.92 Å². The van der Waals surface area contributed by atoms with E-state index in [9.17, 15) is 0 Å². The molecule has 1 aromatic rings. The summed E-state index contributed by atoms with van der Waals surface area (Å²) in [6.45, 7) is 6.75. The number of nitrogens with one attached hydrogen (secondary N) is 1. The predicted molar refractivity (Wildman–Crippen MR) is 79.1 cm³/mol. The maximum Gasteiger partial charge on any atom is -0.00148 e. The van der Waals surface area contributed by atoms with Gasteiger partial charge in [0.2, 0.25) is 0 Å². The molecule has 1 N–H and O–H groups in total. The van der Waals surface area contributed by atoms with Crippen LogP contribution in [0.3, 0.4) is 0 Å². The van der Waals surface area contributed by atoms with Crippen LogP contribution in [0.2, 0.25) is 0 Å². The maximum absolute atomic E-state index is 3.53. The lowest BCUT2D eigenvalue weighted by Gasteiger charge is -2.21. The van der Waals surface area contributed by atoms with Crippen LogP contribution in [0.1, 0.15) is 56.6 Å². The van der Waals surface area contributed by atoms with Crippen LogP contribution in [-0.2, 0) is 6.42 Å². The Hall–Kier alpha value is -0.820. The Balaban J connectivity index is 2.06. The molecule has 0 saturated heterocycles. The molecule has 0 aliphatic heterocycles. The zero-order chi connectivity index (χ0) is 12.8. The van der Waals surface area contributed by atoms with E-state index in [2.05, 4.69) is 43.4 Å². The van der Waals surface area contributed by atoms with E-state index in [0.29, 0.717) is 0 Å². The first kappa shape index (κ1) is 13.6. The summed E-state index contributed by atoms with van der Waals surface area (Å²) >= 11 is 0. The molecule has 0 radical (unpaired) electrons. The van der Waals surface area contributed by atoms with Crippen LogP contribution < -0.4 is 5.32 Å². The van der Waals surface area contributed by atoms with Gasteiger partial charge < -0.3 is 5.32 Å². The van der Waals surface area contributed by atoms with E-state index in [4.69, 9.17) is 0 Å². The molecule has 1 aromatic carbocycles. The van der Waals surface area contributed by atoms with Crippen LogP contribution in [0.25, 0.3) is 0 Å². The van der Waals surface area contributed by atoms with Crippen LogP contribution in [0, 0.1) is 5.92 Å². The highest BCUT2D eigenvalue weighted by atomic mass is 14.8. The Morgan fingerprint density at radius 3 is 2.89 bits per heavy atom. The second kappa shape index (κ2) is 6.94. The summed E-state index contributed by atoms with van der Waals surface area (Å²) in [5.74, 6) is 1.64. The van der Waals surface area contributed by atoms with Crippen molar-refractivity contribution in [2.75, 3.05) is 13.1 Å². The van der Waals surface area contributed by atoms with Crippen molar-refractivity contribution in [1.29, 1.82) is 0 Å². The Kier molecular flexibility index (Phi) is 5.25. The number of benzene rings is 1. The third-order valence-corrected chi connectivity index (χ3v) is 4.23. The van der Waals surface area contributed by atoms with Crippen molar-refractivity contribution in [3.8, 4) is 0 Å². The van der Waals surface area contributed by atoms with E-state index in [1.165, 1.54) is 44.2 Å². The molecule has 2 rings (SSSR count). The Morgan fingerprint density at radius 1 is 1.22 bits per heavy atom. The topological polar surface area (TPSA) is 12.0 Å². The molecule has 0 aromatic heterocycles. The zero-order valence-corrected chi connectivity index (χ0v) is 11.9. The molecule has 2 atom stereocenters. The van der Waals surface area contributed by atoms with Crippen LogP contribution >= 0.6 is 0 Å². The lowest BCUT2D eigenvalue weighted by atomic mass is 9.87. The monoisotopic (exact) mass is 245 g/mol. The molecule has 1 aliphatic rings. The Labute approximate surface area is 112 Å². The van der Waals surface area contributed by atoms with Gasteiger partial charge in [0.25, 0.3) is 0 Å². The third kappa shape index (κ3) is 3.35. The SMILES string of the molecule is CCCc1cccc(C2CCCC2CNCC)c1. The number of hydrogen-bond donors (Lipinski definition) is 1. The van der Waals surface area contributed by atoms with Gasteiger partial charge in [-0.2, -0.15) is 0 Å². The van der Waals surface area contributed by atoms with Gasteiger partial charge in [-0.15, -0.1) is 0 Å². The van der Waals surface area contributed by atoms with E-state index in [0.717, 1.165) is 18.4 Å². The summed E-state index contributed by atoms with van der Waals surface area (Å²) in [6.07, 6.45) is 6.65. The van der Waals surface area contributed by atoms with Gasteiger partial charge in [-0.1, -0.05) is 51.0 Å². The van der Waals surface area contributed by atoms with Gasteiger partial charge in [-0.3, -0.25) is 0 Å². The summed E-state index contributed by atoms with van der Waals surface area (Å²) in [5.41, 5.74) is 3.10. The number of rotatable bonds is 6. The van der Waals surface area contributed by atoms with Crippen molar-refractivity contribution in [1.82, 2.24) is 5.32 Å². The van der Waals surface area contributed by atoms with Gasteiger partial charge in [0.15, 0.2) is 0 Å². The van der Waals surface area contributed by atoms with Gasteiger partial charge in [0.1, 0.15) is 0 Å². The molecule has 1 saturated carbocycles. The first-order valence-corrected chi connectivity index (χ1v) is 7.64. The minimum atomic E-state index is 0.792. The standard InChI is InChI=1S/C17H27N/c1-3-7-14-8-5-9-15(12-14)17-11-6-10-16(17)13-18-4-2/h5,8-9,12,16-18H,3-4,6-7,10-11,13H2,1-2H3. The van der Waals surface area contributed by atoms with Gasteiger partial charge in [0.05, 0.1) is 0 Å². The summed E-state index contributed by atoms with van der Waals surface area (Å²) in [4.78, 5) is 0. The second-order valence-corrected chi connectivity index (χ2v) is 5.60. The first-order valence-electron chi connectivity index (χ1n) is 7.64. The number of aryl methyl sites for hydroxylation is 1. The smallest absolute Gasteiger partial charge is 0.00148 e. The van der Waals surface area contributed by atoms with Crippen LogP contribution in [0.4, 0.5) is 0 Å². The average Bonchev–Trinajstić information content (AvgIpc) is 2.85. The van der Waals surface area contributed by atoms with Gasteiger partial charge in [-0.25, -0.2) is 0 Å². The molecule has 18 heavy (non-hydrogen) atoms. The fourth-order valence-corrected chi connectivity index (χ4v) is 3.32. The highest BCUT2D eigenvalue weighted by molar-refractivity contribution is 5.28. The molecule has 0 heterocycles. The van der Waals surface area contributed by atoms with Gasteiger partial charge in [0, 0.05) is 0 Å². The second-order valence-electron chi connectivity index (χ2n) is 5.60. The van der Waals surface area contributed by atoms with Crippen molar-refractivity contribution in [3.05, 3.63) is 35.4 Å². The van der Waals surface area contributed by atoms with E-state index < -0.39 is 0 Å². The van der Waals surface area contributed by atoms with E-state index >= 15 is 0 Å². The van der Waals surface area contributed by atoms with E-state index in [-0.39, 0.29) is 0 Å². The summed E-state index contributed by atoms with van der Waals surface area (Å²) in [7, 11) is 0. The minimum absolute atomic E-state index is 0.792. The molecule has 0 amide bonds. The molecule has 1 heteroatoms. The normalized spacial score (nSPS) is 23.4. The summed E-state index contributed by atoms with van der Waals surface area (Å²) in [5, 5.41) is 3.53. The van der Waals surface area contributed by atoms with Gasteiger partial charge >= 0.3 is 0 Å². The predicted octanol–water partition coefficient (Wildman–Crippen LogP) is 4.13. The highest BCUT2D eigenvalue weighted by Crippen LogP contribution is 2.39. The van der Waals surface area contributed by atoms with Crippen LogP contribution in [0.15, 0.2) is 24.3 Å². The van der Waals surface area contributed by atoms with Crippen molar-refractivity contribution in [2.45, 2.75) is 51.9 Å². The summed E-state index contributed by atoms with van der Waals surface area (Å²) < 4.78 is 0. The van der Waals surface area contributed by atoms with Crippen molar-refractivity contribution >= 4 is 0 Å². The lowest BCUT2D eigenvalue weighted by Crippen LogP contribution is -2.24. The molecular formula is C17H27N. The average molecular weight is 245 g/mol. The molecule has 1 fully saturated rings. The minimum Gasteiger partial charge on any atom is -0.317 e. The summed E-state index contributed by atoms with van der Waals surface area (Å²) in [6, 6.07) is 9.33. The third-order valence-electron chi connectivity index (χ3n) is 4.23. The molecule has 2 unspecified atom stereocenters. The molecule has 100 valence electrons. The molecule has 1 nitrogen and oxygen atoms in total. The fourth-order valence-electron chi connectivity index (χ4n) is 3.32. The van der Waals surface area contributed by atoms with E-state index in [1.807, 2.05) is 0 Å². The maximum atomic E-state index is 3.53. The Bertz CT molecular complexity index is 358. The lowest BCUT2D eigenvalue weighted by molar-refractivity contribution is 0.450. The molecule has 1 aliphatic carbocycles. The fraction of sp³-hybridized carbons (Fsp3) is 0.647. The molecule has 0 spiro atoms. The Morgan fingerprint density at radius 2 is 2.11 bits per heavy atom. The number of hydrogen-bond acceptors (Lipinski definition) is 1.